The number of nitrogens with two attached hydrogens (primary N) is 1. The van der Waals surface area contributed by atoms with E-state index < -0.39 is 12.0 Å². The van der Waals surface area contributed by atoms with Gasteiger partial charge in [0.15, 0.2) is 0 Å². The lowest BCUT2D eigenvalue weighted by Crippen LogP contribution is -2.21. The molecule has 2 N–H and O–H groups in total. The van der Waals surface area contributed by atoms with E-state index in [-0.39, 0.29) is 0 Å². The number of halogens is 2. The number of thiophene rings is 1. The van der Waals surface area contributed by atoms with Crippen LogP contribution in [0.25, 0.3) is 0 Å². The molecule has 0 saturated heterocycles. The van der Waals surface area contributed by atoms with Gasteiger partial charge in [-0.15, -0.1) is 11.3 Å². The van der Waals surface area contributed by atoms with E-state index >= 15 is 0 Å². The van der Waals surface area contributed by atoms with Gasteiger partial charge in [-0.25, -0.2) is 4.79 Å². The number of carbonyl (C=O) groups excluding carboxylic acids is 1. The zero-order valence-electron chi connectivity index (χ0n) is 6.71. The molecule has 0 aliphatic heterocycles. The van der Waals surface area contributed by atoms with E-state index in [0.717, 1.165) is 4.47 Å². The monoisotopic (exact) mass is 283 g/mol. The van der Waals surface area contributed by atoms with Crippen LogP contribution in [0.15, 0.2) is 10.5 Å². The third-order valence-corrected chi connectivity index (χ3v) is 3.98. The Hall–Kier alpha value is -0.100. The van der Waals surface area contributed by atoms with Gasteiger partial charge in [0.2, 0.25) is 0 Å². The number of hydrogen-bond acceptors (Lipinski definition) is 4. The minimum atomic E-state index is -0.751. The highest BCUT2D eigenvalue weighted by Gasteiger charge is 2.19. The summed E-state index contributed by atoms with van der Waals surface area (Å²) in [7, 11) is 1.30. The Morgan fingerprint density at radius 3 is 2.85 bits per heavy atom. The molecule has 1 heterocycles. The SMILES string of the molecule is COC(=O)C(N)c1cc(Br)c(Cl)s1. The lowest BCUT2D eigenvalue weighted by atomic mass is 10.2. The topological polar surface area (TPSA) is 52.3 Å². The number of rotatable bonds is 2. The molecule has 3 nitrogen and oxygen atoms in total. The summed E-state index contributed by atoms with van der Waals surface area (Å²) < 4.78 is 5.82. The fourth-order valence-corrected chi connectivity index (χ4v) is 2.49. The van der Waals surface area contributed by atoms with E-state index in [1.54, 1.807) is 6.07 Å². The van der Waals surface area contributed by atoms with Crippen LogP contribution in [0.1, 0.15) is 10.9 Å². The maximum Gasteiger partial charge on any atom is 0.328 e. The van der Waals surface area contributed by atoms with Gasteiger partial charge in [0.1, 0.15) is 10.4 Å². The van der Waals surface area contributed by atoms with Crippen molar-refractivity contribution in [1.29, 1.82) is 0 Å². The van der Waals surface area contributed by atoms with Crippen LogP contribution in [0.5, 0.6) is 0 Å². The zero-order valence-corrected chi connectivity index (χ0v) is 9.87. The Morgan fingerprint density at radius 2 is 2.46 bits per heavy atom. The molecule has 0 aromatic carbocycles. The van der Waals surface area contributed by atoms with Crippen molar-refractivity contribution in [1.82, 2.24) is 0 Å². The highest BCUT2D eigenvalue weighted by molar-refractivity contribution is 9.10. The van der Waals surface area contributed by atoms with Gasteiger partial charge in [-0.3, -0.25) is 0 Å². The molecule has 0 fully saturated rings. The summed E-state index contributed by atoms with van der Waals surface area (Å²) in [6, 6.07) is 0.966. The molecule has 0 spiro atoms. The number of hydrogen-bond donors (Lipinski definition) is 1. The molecule has 0 aliphatic carbocycles. The summed E-state index contributed by atoms with van der Waals surface area (Å²) in [5.41, 5.74) is 5.59. The van der Waals surface area contributed by atoms with Crippen molar-refractivity contribution in [3.8, 4) is 0 Å². The molecule has 0 aliphatic rings. The number of methoxy groups -OCH3 is 1. The van der Waals surface area contributed by atoms with Crippen molar-refractivity contribution in [2.24, 2.45) is 5.73 Å². The third-order valence-electron chi connectivity index (χ3n) is 1.43. The second-order valence-corrected chi connectivity index (χ2v) is 4.81. The standard InChI is InChI=1S/C7H7BrClNO2S/c1-12-7(11)5(10)4-2-3(8)6(9)13-4/h2,5H,10H2,1H3. The highest BCUT2D eigenvalue weighted by Crippen LogP contribution is 2.34. The van der Waals surface area contributed by atoms with Crippen LogP contribution in [-0.2, 0) is 9.53 Å². The molecule has 1 rings (SSSR count). The Labute approximate surface area is 93.0 Å². The molecule has 0 amide bonds. The van der Waals surface area contributed by atoms with E-state index in [9.17, 15) is 4.79 Å². The molecule has 1 aromatic rings. The van der Waals surface area contributed by atoms with E-state index in [4.69, 9.17) is 17.3 Å². The van der Waals surface area contributed by atoms with Crippen molar-refractivity contribution < 1.29 is 9.53 Å². The molecular formula is C7H7BrClNO2S. The van der Waals surface area contributed by atoms with Gasteiger partial charge in [0.25, 0.3) is 0 Å². The van der Waals surface area contributed by atoms with E-state index in [2.05, 4.69) is 20.7 Å². The third kappa shape index (κ3) is 2.43. The molecular weight excluding hydrogens is 278 g/mol. The van der Waals surface area contributed by atoms with Crippen molar-refractivity contribution in [2.45, 2.75) is 6.04 Å². The molecule has 72 valence electrons. The summed E-state index contributed by atoms with van der Waals surface area (Å²) in [5.74, 6) is -0.467. The molecule has 1 unspecified atom stereocenters. The zero-order chi connectivity index (χ0) is 10.0. The molecule has 0 saturated carbocycles. The predicted octanol–water partition coefficient (Wildman–Crippen LogP) is 2.34. The highest BCUT2D eigenvalue weighted by atomic mass is 79.9. The van der Waals surface area contributed by atoms with Crippen molar-refractivity contribution in [2.75, 3.05) is 7.11 Å². The summed E-state index contributed by atoms with van der Waals surface area (Å²) in [4.78, 5) is 11.7. The van der Waals surface area contributed by atoms with Crippen LogP contribution in [0.4, 0.5) is 0 Å². The van der Waals surface area contributed by atoms with Gasteiger partial charge >= 0.3 is 5.97 Å². The summed E-state index contributed by atoms with van der Waals surface area (Å²) in [6.45, 7) is 0. The largest absolute Gasteiger partial charge is 0.468 e. The van der Waals surface area contributed by atoms with E-state index in [1.807, 2.05) is 0 Å². The van der Waals surface area contributed by atoms with Crippen LogP contribution < -0.4 is 5.73 Å². The summed E-state index contributed by atoms with van der Waals surface area (Å²) in [6.07, 6.45) is 0. The first kappa shape index (κ1) is 11.0. The first-order chi connectivity index (χ1) is 6.06. The van der Waals surface area contributed by atoms with Gasteiger partial charge in [0.05, 0.1) is 7.11 Å². The van der Waals surface area contributed by atoms with Crippen molar-refractivity contribution in [3.63, 3.8) is 0 Å². The number of ether oxygens (including phenoxy) is 1. The fraction of sp³-hybridized carbons (Fsp3) is 0.286. The normalized spacial score (nSPS) is 12.6. The first-order valence-electron chi connectivity index (χ1n) is 3.34. The predicted molar refractivity (Wildman–Crippen MR) is 56.0 cm³/mol. The summed E-state index contributed by atoms with van der Waals surface area (Å²) >= 11 is 10.3. The quantitative estimate of drug-likeness (QED) is 0.848. The molecule has 13 heavy (non-hydrogen) atoms. The second kappa shape index (κ2) is 4.41. The lowest BCUT2D eigenvalue weighted by Gasteiger charge is -2.05. The fourth-order valence-electron chi connectivity index (χ4n) is 0.760. The van der Waals surface area contributed by atoms with Crippen LogP contribution >= 0.6 is 38.9 Å². The summed E-state index contributed by atoms with van der Waals surface area (Å²) in [5, 5.41) is 0. The van der Waals surface area contributed by atoms with Gasteiger partial charge in [-0.2, -0.15) is 0 Å². The van der Waals surface area contributed by atoms with E-state index in [1.165, 1.54) is 18.4 Å². The average molecular weight is 285 g/mol. The van der Waals surface area contributed by atoms with Crippen molar-refractivity contribution >= 4 is 44.8 Å². The number of esters is 1. The molecule has 0 radical (unpaired) electrons. The maximum absolute atomic E-state index is 11.0. The van der Waals surface area contributed by atoms with Crippen molar-refractivity contribution in [3.05, 3.63) is 19.8 Å². The lowest BCUT2D eigenvalue weighted by molar-refractivity contribution is -0.142. The molecule has 1 aromatic heterocycles. The smallest absolute Gasteiger partial charge is 0.328 e. The Bertz CT molecular complexity index is 309. The van der Waals surface area contributed by atoms with Gasteiger partial charge in [-0.05, 0) is 22.0 Å². The van der Waals surface area contributed by atoms with Crippen LogP contribution in [0, 0.1) is 0 Å². The second-order valence-electron chi connectivity index (χ2n) is 2.27. The number of carbonyl (C=O) groups is 1. The Kier molecular flexibility index (Phi) is 3.73. The first-order valence-corrected chi connectivity index (χ1v) is 5.33. The van der Waals surface area contributed by atoms with Crippen LogP contribution in [-0.4, -0.2) is 13.1 Å². The van der Waals surface area contributed by atoms with Gasteiger partial charge < -0.3 is 10.5 Å². The minimum Gasteiger partial charge on any atom is -0.468 e. The minimum absolute atomic E-state index is 0.467. The average Bonchev–Trinajstić information content (AvgIpc) is 2.44. The van der Waals surface area contributed by atoms with Gasteiger partial charge in [-0.1, -0.05) is 11.6 Å². The van der Waals surface area contributed by atoms with Crippen LogP contribution in [0.3, 0.4) is 0 Å². The van der Waals surface area contributed by atoms with Gasteiger partial charge in [0, 0.05) is 9.35 Å². The van der Waals surface area contributed by atoms with Crippen LogP contribution in [0.2, 0.25) is 4.34 Å². The Morgan fingerprint density at radius 1 is 1.85 bits per heavy atom. The van der Waals surface area contributed by atoms with E-state index in [0.29, 0.717) is 9.21 Å². The Balaban J connectivity index is 2.89. The maximum atomic E-state index is 11.0. The molecule has 6 heteroatoms. The molecule has 0 bridgehead atoms. The molecule has 1 atom stereocenters.